The maximum absolute atomic E-state index is 11.6. The highest BCUT2D eigenvalue weighted by Crippen LogP contribution is 2.04. The van der Waals surface area contributed by atoms with Gasteiger partial charge in [0.05, 0.1) is 18.7 Å². The van der Waals surface area contributed by atoms with Crippen LogP contribution in [0, 0.1) is 0 Å². The van der Waals surface area contributed by atoms with Crippen molar-refractivity contribution in [2.45, 2.75) is 12.5 Å². The number of nitrogens with one attached hydrogen (secondary N) is 1. The van der Waals surface area contributed by atoms with Gasteiger partial charge >= 0.3 is 0 Å². The number of hydrogen-bond donors (Lipinski definition) is 3. The van der Waals surface area contributed by atoms with Crippen molar-refractivity contribution in [3.05, 3.63) is 36.3 Å². The van der Waals surface area contributed by atoms with Gasteiger partial charge in [-0.15, -0.1) is 0 Å². The highest BCUT2D eigenvalue weighted by Gasteiger charge is 2.13. The van der Waals surface area contributed by atoms with Crippen LogP contribution in [0.3, 0.4) is 0 Å². The fraction of sp³-hybridized carbons (Fsp3) is 0.250. The molecule has 2 aromatic rings. The number of carbonyl (C=O) groups is 2. The molecule has 0 fully saturated rings. The summed E-state index contributed by atoms with van der Waals surface area (Å²) < 4.78 is 1.81. The Kier molecular flexibility index (Phi) is 3.76. The third kappa shape index (κ3) is 3.29. The Bertz CT molecular complexity index is 575. The minimum absolute atomic E-state index is 0.0765. The van der Waals surface area contributed by atoms with Gasteiger partial charge in [0, 0.05) is 12.4 Å². The first-order valence-corrected chi connectivity index (χ1v) is 5.73. The molecule has 0 bridgehead atoms. The number of nitrogens with zero attached hydrogens (tertiary/aromatic N) is 2. The zero-order valence-electron chi connectivity index (χ0n) is 10.1. The number of amides is 2. The highest BCUT2D eigenvalue weighted by molar-refractivity contribution is 5.81. The van der Waals surface area contributed by atoms with Crippen LogP contribution in [0.1, 0.15) is 5.69 Å². The van der Waals surface area contributed by atoms with E-state index in [1.165, 1.54) is 0 Å². The van der Waals surface area contributed by atoms with E-state index in [1.54, 1.807) is 10.6 Å². The number of aromatic nitrogens is 2. The number of carbonyl (C=O) groups excluding carboxylic acids is 2. The van der Waals surface area contributed by atoms with Gasteiger partial charge in [0.25, 0.3) is 0 Å². The van der Waals surface area contributed by atoms with Gasteiger partial charge in [0.1, 0.15) is 11.8 Å². The van der Waals surface area contributed by atoms with Crippen LogP contribution in [-0.4, -0.2) is 39.0 Å². The van der Waals surface area contributed by atoms with Crippen molar-refractivity contribution in [3.8, 4) is 0 Å². The Balaban J connectivity index is 1.93. The van der Waals surface area contributed by atoms with E-state index >= 15 is 0 Å². The molecular weight excluding hydrogens is 248 g/mol. The Hall–Kier alpha value is -2.41. The van der Waals surface area contributed by atoms with E-state index < -0.39 is 12.0 Å². The average molecular weight is 262 g/mol. The smallest absolute Gasteiger partial charge is 0.248 e. The summed E-state index contributed by atoms with van der Waals surface area (Å²) in [6.07, 6.45) is 2.29. The summed E-state index contributed by atoms with van der Waals surface area (Å²) in [6.45, 7) is -0.193. The van der Waals surface area contributed by atoms with Crippen molar-refractivity contribution in [2.24, 2.45) is 5.73 Å². The minimum Gasteiger partial charge on any atom is -0.381 e. The molecule has 2 heterocycles. The van der Waals surface area contributed by atoms with Gasteiger partial charge in [0.2, 0.25) is 11.8 Å². The molecule has 0 radical (unpaired) electrons. The lowest BCUT2D eigenvalue weighted by Gasteiger charge is -2.07. The highest BCUT2D eigenvalue weighted by atomic mass is 16.3. The molecule has 0 saturated heterocycles. The van der Waals surface area contributed by atoms with Gasteiger partial charge in [-0.3, -0.25) is 9.59 Å². The first kappa shape index (κ1) is 13.0. The summed E-state index contributed by atoms with van der Waals surface area (Å²) >= 11 is 0. The summed E-state index contributed by atoms with van der Waals surface area (Å²) in [5, 5.41) is 11.6. The standard InChI is InChI=1S/C12H14N4O3/c13-12(19)9(17)6-14-11(18)5-8-7-16-4-2-1-3-10(16)15-8/h1-4,7,9,17H,5-6H2,(H2,13,19)(H,14,18). The zero-order valence-corrected chi connectivity index (χ0v) is 10.1. The summed E-state index contributed by atoms with van der Waals surface area (Å²) in [6, 6.07) is 5.55. The predicted octanol–water partition coefficient (Wildman–Crippen LogP) is -1.16. The Morgan fingerprint density at radius 2 is 2.26 bits per heavy atom. The van der Waals surface area contributed by atoms with E-state index in [0.717, 1.165) is 5.65 Å². The largest absolute Gasteiger partial charge is 0.381 e. The molecule has 1 unspecified atom stereocenters. The fourth-order valence-corrected chi connectivity index (χ4v) is 1.61. The van der Waals surface area contributed by atoms with Gasteiger partial charge in [-0.25, -0.2) is 4.98 Å². The van der Waals surface area contributed by atoms with Crippen LogP contribution in [-0.2, 0) is 16.0 Å². The Labute approximate surface area is 109 Å². The molecule has 0 aliphatic carbocycles. The third-order valence-corrected chi connectivity index (χ3v) is 2.58. The number of nitrogens with two attached hydrogens (primary N) is 1. The molecule has 2 aromatic heterocycles. The van der Waals surface area contributed by atoms with Crippen LogP contribution >= 0.6 is 0 Å². The summed E-state index contributed by atoms with van der Waals surface area (Å²) in [5.74, 6) is -1.20. The molecule has 0 aliphatic heterocycles. The number of pyridine rings is 1. The number of fused-ring (bicyclic) bond motifs is 1. The van der Waals surface area contributed by atoms with Gasteiger partial charge in [0.15, 0.2) is 0 Å². The molecule has 1 atom stereocenters. The van der Waals surface area contributed by atoms with E-state index in [1.807, 2.05) is 24.4 Å². The van der Waals surface area contributed by atoms with Crippen molar-refractivity contribution in [3.63, 3.8) is 0 Å². The Morgan fingerprint density at radius 1 is 1.47 bits per heavy atom. The van der Waals surface area contributed by atoms with Gasteiger partial charge in [-0.1, -0.05) is 6.07 Å². The van der Waals surface area contributed by atoms with E-state index in [9.17, 15) is 9.59 Å². The SMILES string of the molecule is NC(=O)C(O)CNC(=O)Cc1cn2ccccc2n1. The molecule has 0 aromatic carbocycles. The normalized spacial score (nSPS) is 12.3. The molecule has 2 amide bonds. The van der Waals surface area contributed by atoms with Crippen molar-refractivity contribution >= 4 is 17.5 Å². The topological polar surface area (TPSA) is 110 Å². The van der Waals surface area contributed by atoms with Crippen LogP contribution in [0.5, 0.6) is 0 Å². The molecule has 7 heteroatoms. The molecule has 0 aliphatic rings. The first-order chi connectivity index (χ1) is 9.06. The first-order valence-electron chi connectivity index (χ1n) is 5.73. The maximum atomic E-state index is 11.6. The second-order valence-corrected chi connectivity index (χ2v) is 4.10. The maximum Gasteiger partial charge on any atom is 0.248 e. The van der Waals surface area contributed by atoms with E-state index in [4.69, 9.17) is 10.8 Å². The van der Waals surface area contributed by atoms with Crippen LogP contribution in [0.25, 0.3) is 5.65 Å². The summed E-state index contributed by atoms with van der Waals surface area (Å²) in [7, 11) is 0. The van der Waals surface area contributed by atoms with E-state index in [-0.39, 0.29) is 18.9 Å². The minimum atomic E-state index is -1.37. The number of hydrogen-bond acceptors (Lipinski definition) is 4. The quantitative estimate of drug-likeness (QED) is 0.631. The van der Waals surface area contributed by atoms with Crippen molar-refractivity contribution in [1.29, 1.82) is 0 Å². The second kappa shape index (κ2) is 5.49. The molecule has 0 saturated carbocycles. The lowest BCUT2D eigenvalue weighted by molar-refractivity contribution is -0.126. The lowest BCUT2D eigenvalue weighted by Crippen LogP contribution is -2.40. The zero-order chi connectivity index (χ0) is 13.8. The van der Waals surface area contributed by atoms with Gasteiger partial charge in [-0.05, 0) is 12.1 Å². The summed E-state index contributed by atoms with van der Waals surface area (Å²) in [5.41, 5.74) is 6.23. The van der Waals surface area contributed by atoms with Gasteiger partial charge < -0.3 is 20.6 Å². The molecule has 19 heavy (non-hydrogen) atoms. The lowest BCUT2D eigenvalue weighted by atomic mass is 10.3. The van der Waals surface area contributed by atoms with Crippen molar-refractivity contribution < 1.29 is 14.7 Å². The molecular formula is C12H14N4O3. The van der Waals surface area contributed by atoms with Crippen molar-refractivity contribution in [2.75, 3.05) is 6.54 Å². The molecule has 4 N–H and O–H groups in total. The van der Waals surface area contributed by atoms with Crippen LogP contribution in [0.4, 0.5) is 0 Å². The monoisotopic (exact) mass is 262 g/mol. The molecule has 0 spiro atoms. The van der Waals surface area contributed by atoms with E-state index in [0.29, 0.717) is 5.69 Å². The number of rotatable bonds is 5. The predicted molar refractivity (Wildman–Crippen MR) is 67.1 cm³/mol. The van der Waals surface area contributed by atoms with Gasteiger partial charge in [-0.2, -0.15) is 0 Å². The van der Waals surface area contributed by atoms with Crippen LogP contribution < -0.4 is 11.1 Å². The number of primary amides is 1. The summed E-state index contributed by atoms with van der Waals surface area (Å²) in [4.78, 5) is 26.4. The van der Waals surface area contributed by atoms with Crippen LogP contribution in [0.15, 0.2) is 30.6 Å². The van der Waals surface area contributed by atoms with E-state index in [2.05, 4.69) is 10.3 Å². The fourth-order valence-electron chi connectivity index (χ4n) is 1.61. The molecule has 100 valence electrons. The van der Waals surface area contributed by atoms with Crippen LogP contribution in [0.2, 0.25) is 0 Å². The molecule has 7 nitrogen and oxygen atoms in total. The number of imidazole rings is 1. The number of aliphatic hydroxyl groups is 1. The third-order valence-electron chi connectivity index (χ3n) is 2.58. The Morgan fingerprint density at radius 3 is 2.95 bits per heavy atom. The number of aliphatic hydroxyl groups excluding tert-OH is 1. The van der Waals surface area contributed by atoms with Crippen molar-refractivity contribution in [1.82, 2.24) is 14.7 Å². The molecule has 2 rings (SSSR count). The second-order valence-electron chi connectivity index (χ2n) is 4.10. The average Bonchev–Trinajstić information content (AvgIpc) is 2.77.